The lowest BCUT2D eigenvalue weighted by molar-refractivity contribution is 0.824. The van der Waals surface area contributed by atoms with E-state index in [2.05, 4.69) is 62.6 Å². The maximum atomic E-state index is 2.55. The molecule has 0 fully saturated rings. The predicted octanol–water partition coefficient (Wildman–Crippen LogP) is 5.14. The Hall–Kier alpha value is -0.823. The largest absolute Gasteiger partial charge is 0.0913 e. The van der Waals surface area contributed by atoms with Gasteiger partial charge in [0.05, 0.1) is 8.07 Å². The molecule has 0 unspecified atom stereocenters. The van der Waals surface area contributed by atoms with Crippen LogP contribution in [0.3, 0.4) is 0 Å². The quantitative estimate of drug-likeness (QED) is 0.617. The Morgan fingerprint density at radius 2 is 1.75 bits per heavy atom. The first-order chi connectivity index (χ1) is 7.53. The van der Waals surface area contributed by atoms with Crippen LogP contribution in [0.5, 0.6) is 0 Å². The summed E-state index contributed by atoms with van der Waals surface area (Å²) in [5.74, 6) is 0. The maximum Gasteiger partial charge on any atom is 0.0690 e. The molecule has 0 amide bonds. The van der Waals surface area contributed by atoms with E-state index in [4.69, 9.17) is 0 Å². The second-order valence-electron chi connectivity index (χ2n) is 5.51. The number of benzene rings is 1. The van der Waals surface area contributed by atoms with Gasteiger partial charge in [0.25, 0.3) is 0 Å². The Labute approximate surface area is 101 Å². The van der Waals surface area contributed by atoms with Gasteiger partial charge in [0.1, 0.15) is 0 Å². The highest BCUT2D eigenvalue weighted by molar-refractivity contribution is 6.81. The second-order valence-corrected chi connectivity index (χ2v) is 10.5. The lowest BCUT2D eigenvalue weighted by Gasteiger charge is -2.15. The molecular weight excluding hydrogens is 208 g/mol. The Bertz CT molecular complexity index is 330. The van der Waals surface area contributed by atoms with E-state index in [0.717, 1.165) is 0 Å². The average molecular weight is 232 g/mol. The van der Waals surface area contributed by atoms with Gasteiger partial charge < -0.3 is 0 Å². The van der Waals surface area contributed by atoms with Crippen molar-refractivity contribution in [3.63, 3.8) is 0 Å². The van der Waals surface area contributed by atoms with Gasteiger partial charge in [-0.1, -0.05) is 69.0 Å². The van der Waals surface area contributed by atoms with Gasteiger partial charge in [0.2, 0.25) is 0 Å². The van der Waals surface area contributed by atoms with Crippen LogP contribution in [-0.4, -0.2) is 8.07 Å². The molecule has 0 N–H and O–H groups in total. The molecule has 0 saturated carbocycles. The summed E-state index contributed by atoms with van der Waals surface area (Å²) in [6.45, 7) is 9.47. The molecule has 0 atom stereocenters. The zero-order valence-corrected chi connectivity index (χ0v) is 12.1. The Morgan fingerprint density at radius 3 is 2.25 bits per heavy atom. The summed E-state index contributed by atoms with van der Waals surface area (Å²) >= 11 is 0. The Kier molecular flexibility index (Phi) is 5.00. The van der Waals surface area contributed by atoms with Crippen molar-refractivity contribution in [2.75, 3.05) is 0 Å². The van der Waals surface area contributed by atoms with Crippen LogP contribution in [0.25, 0.3) is 5.57 Å². The molecule has 0 radical (unpaired) electrons. The maximum absolute atomic E-state index is 2.55. The van der Waals surface area contributed by atoms with Crippen molar-refractivity contribution in [2.45, 2.75) is 45.8 Å². The van der Waals surface area contributed by atoms with Crippen LogP contribution in [0, 0.1) is 0 Å². The van der Waals surface area contributed by atoms with E-state index in [1.54, 1.807) is 5.57 Å². The van der Waals surface area contributed by atoms with Gasteiger partial charge in [-0.3, -0.25) is 0 Å². The van der Waals surface area contributed by atoms with Gasteiger partial charge in [0.15, 0.2) is 0 Å². The molecule has 1 heteroatoms. The zero-order chi connectivity index (χ0) is 12.0. The fourth-order valence-electron chi connectivity index (χ4n) is 1.84. The van der Waals surface area contributed by atoms with Crippen molar-refractivity contribution in [2.24, 2.45) is 0 Å². The van der Waals surface area contributed by atoms with Crippen molar-refractivity contribution in [1.29, 1.82) is 0 Å². The summed E-state index contributed by atoms with van der Waals surface area (Å²) in [7, 11) is -1.12. The molecule has 0 aliphatic carbocycles. The van der Waals surface area contributed by atoms with Gasteiger partial charge in [-0.25, -0.2) is 0 Å². The van der Waals surface area contributed by atoms with E-state index >= 15 is 0 Å². The van der Waals surface area contributed by atoms with Crippen molar-refractivity contribution in [3.05, 3.63) is 41.6 Å². The first-order valence-electron chi connectivity index (χ1n) is 6.30. The third-order valence-electron chi connectivity index (χ3n) is 2.55. The molecule has 0 aliphatic rings. The minimum atomic E-state index is -1.12. The van der Waals surface area contributed by atoms with E-state index in [1.165, 1.54) is 24.8 Å². The zero-order valence-electron chi connectivity index (χ0n) is 11.1. The molecule has 1 aromatic carbocycles. The Balaban J connectivity index is 2.92. The summed E-state index contributed by atoms with van der Waals surface area (Å²) in [5, 5.41) is 0. The van der Waals surface area contributed by atoms with Crippen molar-refractivity contribution in [3.8, 4) is 0 Å². The number of allylic oxidation sites excluding steroid dienone is 1. The second kappa shape index (κ2) is 6.05. The molecule has 0 nitrogen and oxygen atoms in total. The minimum Gasteiger partial charge on any atom is -0.0913 e. The van der Waals surface area contributed by atoms with Crippen LogP contribution in [0.15, 0.2) is 36.0 Å². The lowest BCUT2D eigenvalue weighted by atomic mass is 10.0. The smallest absolute Gasteiger partial charge is 0.0690 e. The molecule has 0 heterocycles. The highest BCUT2D eigenvalue weighted by Gasteiger charge is 2.11. The molecule has 0 bridgehead atoms. The van der Waals surface area contributed by atoms with Gasteiger partial charge >= 0.3 is 0 Å². The fourth-order valence-corrected chi connectivity index (χ4v) is 3.20. The van der Waals surface area contributed by atoms with Gasteiger partial charge in [-0.05, 0) is 24.0 Å². The first kappa shape index (κ1) is 13.2. The van der Waals surface area contributed by atoms with Crippen molar-refractivity contribution < 1.29 is 0 Å². The molecule has 88 valence electrons. The lowest BCUT2D eigenvalue weighted by Crippen LogP contribution is -2.16. The predicted molar refractivity (Wildman–Crippen MR) is 77.3 cm³/mol. The molecule has 16 heavy (non-hydrogen) atoms. The van der Waals surface area contributed by atoms with Crippen LogP contribution in [-0.2, 0) is 0 Å². The summed E-state index contributed by atoms with van der Waals surface area (Å²) in [4.78, 5) is 0. The van der Waals surface area contributed by atoms with Crippen LogP contribution >= 0.6 is 0 Å². The summed E-state index contributed by atoms with van der Waals surface area (Å²) in [6.07, 6.45) is 3.80. The number of rotatable bonds is 5. The van der Waals surface area contributed by atoms with Gasteiger partial charge in [-0.15, -0.1) is 0 Å². The molecule has 0 saturated heterocycles. The number of hydrogen-bond donors (Lipinski definition) is 0. The number of unbranched alkanes of at least 4 members (excludes halogenated alkanes) is 1. The topological polar surface area (TPSA) is 0 Å². The van der Waals surface area contributed by atoms with Crippen molar-refractivity contribution >= 4 is 13.6 Å². The molecule has 1 aromatic rings. The number of hydrogen-bond acceptors (Lipinski definition) is 0. The summed E-state index contributed by atoms with van der Waals surface area (Å²) in [5.41, 5.74) is 5.53. The molecule has 0 spiro atoms. The highest BCUT2D eigenvalue weighted by Crippen LogP contribution is 2.23. The van der Waals surface area contributed by atoms with Crippen molar-refractivity contribution in [1.82, 2.24) is 0 Å². The van der Waals surface area contributed by atoms with Crippen LogP contribution in [0.4, 0.5) is 0 Å². The van der Waals surface area contributed by atoms with Crippen LogP contribution < -0.4 is 0 Å². The Morgan fingerprint density at radius 1 is 1.12 bits per heavy atom. The molecule has 0 aliphatic heterocycles. The first-order valence-corrected chi connectivity index (χ1v) is 9.88. The van der Waals surface area contributed by atoms with E-state index < -0.39 is 8.07 Å². The molecule has 0 aromatic heterocycles. The van der Waals surface area contributed by atoms with E-state index in [9.17, 15) is 0 Å². The van der Waals surface area contributed by atoms with E-state index in [-0.39, 0.29) is 0 Å². The van der Waals surface area contributed by atoms with E-state index in [0.29, 0.717) is 0 Å². The van der Waals surface area contributed by atoms with E-state index in [1.807, 2.05) is 0 Å². The monoisotopic (exact) mass is 232 g/mol. The van der Waals surface area contributed by atoms with Gasteiger partial charge in [0, 0.05) is 0 Å². The van der Waals surface area contributed by atoms with Crippen LogP contribution in [0.1, 0.15) is 31.7 Å². The summed E-state index contributed by atoms with van der Waals surface area (Å²) in [6, 6.07) is 10.8. The SMILES string of the molecule is CCCCC(=C[Si](C)(C)C)c1ccccc1. The minimum absolute atomic E-state index is 1.12. The third-order valence-corrected chi connectivity index (χ3v) is 3.77. The standard InChI is InChI=1S/C15H24Si/c1-5-6-10-15(13-16(2,3)4)14-11-8-7-9-12-14/h7-9,11-13H,5-6,10H2,1-4H3. The fraction of sp³-hybridized carbons (Fsp3) is 0.467. The third kappa shape index (κ3) is 4.80. The average Bonchev–Trinajstić information content (AvgIpc) is 2.24. The normalized spacial score (nSPS) is 12.9. The summed E-state index contributed by atoms with van der Waals surface area (Å²) < 4.78 is 0. The molecular formula is C15H24Si. The highest BCUT2D eigenvalue weighted by atomic mass is 28.3. The van der Waals surface area contributed by atoms with Crippen LogP contribution in [0.2, 0.25) is 19.6 Å². The van der Waals surface area contributed by atoms with Gasteiger partial charge in [-0.2, -0.15) is 0 Å². The molecule has 1 rings (SSSR count).